The van der Waals surface area contributed by atoms with Gasteiger partial charge in [0, 0.05) is 53.7 Å². The zero-order valence-corrected chi connectivity index (χ0v) is 17.1. The molecule has 1 N–H and O–H groups in total. The molecule has 0 saturated heterocycles. The van der Waals surface area contributed by atoms with Crippen molar-refractivity contribution in [2.75, 3.05) is 6.54 Å². The maximum atomic E-state index is 12.9. The summed E-state index contributed by atoms with van der Waals surface area (Å²) in [4.78, 5) is 13.0. The van der Waals surface area contributed by atoms with E-state index in [0.717, 1.165) is 33.3 Å². The molecule has 0 atom stereocenters. The molecule has 158 valence electrons. The van der Waals surface area contributed by atoms with Gasteiger partial charge in [0.15, 0.2) is 0 Å². The quantitative estimate of drug-likeness (QED) is 0.432. The van der Waals surface area contributed by atoms with Crippen LogP contribution < -0.4 is 0 Å². The number of aromatic amines is 1. The summed E-state index contributed by atoms with van der Waals surface area (Å²) in [7, 11) is 0. The van der Waals surface area contributed by atoms with Crippen LogP contribution in [0.2, 0.25) is 5.02 Å². The second kappa shape index (κ2) is 7.66. The first-order valence-corrected chi connectivity index (χ1v) is 10.3. The standard InChI is InChI=1S/C23H18ClF3N4/c24-16-7-5-14(6-8-16)21-18(17-3-1-2-4-20(17)29-21)13-31-10-9-19-15(12-31)11-28-22(30-19)23(25,26)27/h1-8,11,29H,9-10,12-13H2. The first kappa shape index (κ1) is 20.0. The number of halogens is 4. The Labute approximate surface area is 181 Å². The molecule has 5 rings (SSSR count). The molecule has 1 aliphatic heterocycles. The summed E-state index contributed by atoms with van der Waals surface area (Å²) in [6.07, 6.45) is -2.75. The average molecular weight is 443 g/mol. The van der Waals surface area contributed by atoms with Gasteiger partial charge in [0.1, 0.15) is 0 Å². The molecule has 31 heavy (non-hydrogen) atoms. The van der Waals surface area contributed by atoms with E-state index in [1.165, 1.54) is 6.20 Å². The Balaban J connectivity index is 1.47. The number of para-hydroxylation sites is 1. The smallest absolute Gasteiger partial charge is 0.354 e. The fourth-order valence-corrected chi connectivity index (χ4v) is 4.22. The third-order valence-electron chi connectivity index (χ3n) is 5.59. The summed E-state index contributed by atoms with van der Waals surface area (Å²) >= 11 is 6.06. The van der Waals surface area contributed by atoms with E-state index < -0.39 is 12.0 Å². The Kier molecular flexibility index (Phi) is 4.95. The Hall–Kier alpha value is -2.90. The number of rotatable bonds is 3. The van der Waals surface area contributed by atoms with Crippen LogP contribution in [0.15, 0.2) is 54.7 Å². The Morgan fingerprint density at radius 3 is 2.61 bits per heavy atom. The van der Waals surface area contributed by atoms with Crippen LogP contribution in [-0.4, -0.2) is 26.4 Å². The number of aromatic nitrogens is 3. The molecule has 2 aromatic carbocycles. The molecule has 0 saturated carbocycles. The molecule has 8 heteroatoms. The van der Waals surface area contributed by atoms with Gasteiger partial charge >= 0.3 is 6.18 Å². The minimum atomic E-state index is -4.52. The largest absolute Gasteiger partial charge is 0.451 e. The van der Waals surface area contributed by atoms with E-state index in [0.29, 0.717) is 36.8 Å². The number of nitrogens with zero attached hydrogens (tertiary/aromatic N) is 3. The van der Waals surface area contributed by atoms with Crippen LogP contribution in [0.25, 0.3) is 22.2 Å². The zero-order valence-electron chi connectivity index (χ0n) is 16.4. The number of H-pyrrole nitrogens is 1. The zero-order chi connectivity index (χ0) is 21.6. The van der Waals surface area contributed by atoms with E-state index in [2.05, 4.69) is 25.9 Å². The lowest BCUT2D eigenvalue weighted by Gasteiger charge is -2.28. The summed E-state index contributed by atoms with van der Waals surface area (Å²) in [5.74, 6) is -1.07. The van der Waals surface area contributed by atoms with Crippen LogP contribution in [-0.2, 0) is 25.7 Å². The maximum absolute atomic E-state index is 12.9. The molecule has 0 unspecified atom stereocenters. The molecule has 1 aliphatic rings. The van der Waals surface area contributed by atoms with Crippen molar-refractivity contribution < 1.29 is 13.2 Å². The average Bonchev–Trinajstić information content (AvgIpc) is 3.11. The van der Waals surface area contributed by atoms with Crippen LogP contribution in [0.1, 0.15) is 22.6 Å². The molecule has 0 fully saturated rings. The second-order valence-corrected chi connectivity index (χ2v) is 8.09. The second-order valence-electron chi connectivity index (χ2n) is 7.65. The highest BCUT2D eigenvalue weighted by Gasteiger charge is 2.35. The Morgan fingerprint density at radius 2 is 1.84 bits per heavy atom. The summed E-state index contributed by atoms with van der Waals surface area (Å²) in [5.41, 5.74) is 5.47. The number of nitrogens with one attached hydrogen (secondary N) is 1. The molecule has 2 aromatic heterocycles. The fourth-order valence-electron chi connectivity index (χ4n) is 4.10. The third kappa shape index (κ3) is 3.91. The predicted octanol–water partition coefficient (Wildman–Crippen LogP) is 5.86. The van der Waals surface area contributed by atoms with Crippen molar-refractivity contribution in [3.05, 3.63) is 82.4 Å². The first-order chi connectivity index (χ1) is 14.9. The summed E-state index contributed by atoms with van der Waals surface area (Å²) in [5, 5.41) is 1.80. The van der Waals surface area contributed by atoms with Gasteiger partial charge in [-0.1, -0.05) is 41.9 Å². The van der Waals surface area contributed by atoms with Crippen molar-refractivity contribution in [3.63, 3.8) is 0 Å². The molecule has 4 nitrogen and oxygen atoms in total. The van der Waals surface area contributed by atoms with E-state index in [9.17, 15) is 13.2 Å². The van der Waals surface area contributed by atoms with Gasteiger partial charge in [-0.3, -0.25) is 4.90 Å². The van der Waals surface area contributed by atoms with Gasteiger partial charge in [0.2, 0.25) is 5.82 Å². The first-order valence-electron chi connectivity index (χ1n) is 9.88. The molecular formula is C23H18ClF3N4. The van der Waals surface area contributed by atoms with Crippen molar-refractivity contribution in [3.8, 4) is 11.3 Å². The lowest BCUT2D eigenvalue weighted by atomic mass is 10.0. The number of alkyl halides is 3. The number of hydrogen-bond acceptors (Lipinski definition) is 3. The Morgan fingerprint density at radius 1 is 1.06 bits per heavy atom. The van der Waals surface area contributed by atoms with Gasteiger partial charge < -0.3 is 4.98 Å². The molecule has 0 amide bonds. The van der Waals surface area contributed by atoms with Gasteiger partial charge in [-0.15, -0.1) is 0 Å². The lowest BCUT2D eigenvalue weighted by molar-refractivity contribution is -0.145. The highest BCUT2D eigenvalue weighted by Crippen LogP contribution is 2.33. The van der Waals surface area contributed by atoms with E-state index >= 15 is 0 Å². The van der Waals surface area contributed by atoms with Crippen LogP contribution in [0.4, 0.5) is 13.2 Å². The lowest BCUT2D eigenvalue weighted by Crippen LogP contribution is -2.31. The minimum absolute atomic E-state index is 0.458. The predicted molar refractivity (Wildman–Crippen MR) is 114 cm³/mol. The topological polar surface area (TPSA) is 44.8 Å². The van der Waals surface area contributed by atoms with Crippen molar-refractivity contribution in [1.82, 2.24) is 19.9 Å². The van der Waals surface area contributed by atoms with Crippen LogP contribution in [0.3, 0.4) is 0 Å². The molecule has 0 spiro atoms. The monoisotopic (exact) mass is 442 g/mol. The summed E-state index contributed by atoms with van der Waals surface area (Å²) in [6, 6.07) is 15.8. The SMILES string of the molecule is FC(F)(F)c1ncc2c(n1)CCN(Cc1c(-c3ccc(Cl)cc3)[nH]c3ccccc13)C2. The highest BCUT2D eigenvalue weighted by molar-refractivity contribution is 6.30. The summed E-state index contributed by atoms with van der Waals surface area (Å²) in [6.45, 7) is 1.79. The van der Waals surface area contributed by atoms with Gasteiger partial charge in [-0.05, 0) is 29.3 Å². The molecule has 0 aliphatic carbocycles. The maximum Gasteiger partial charge on any atom is 0.451 e. The van der Waals surface area contributed by atoms with Gasteiger partial charge in [0.25, 0.3) is 0 Å². The van der Waals surface area contributed by atoms with Gasteiger partial charge in [-0.2, -0.15) is 13.2 Å². The minimum Gasteiger partial charge on any atom is -0.354 e. The normalized spacial score (nSPS) is 14.7. The Bertz CT molecular complexity index is 1250. The highest BCUT2D eigenvalue weighted by atomic mass is 35.5. The molecule has 3 heterocycles. The van der Waals surface area contributed by atoms with Crippen LogP contribution >= 0.6 is 11.6 Å². The van der Waals surface area contributed by atoms with Crippen molar-refractivity contribution in [1.29, 1.82) is 0 Å². The van der Waals surface area contributed by atoms with Gasteiger partial charge in [0.05, 0.1) is 11.4 Å². The molecular weight excluding hydrogens is 425 g/mol. The summed E-state index contributed by atoms with van der Waals surface area (Å²) < 4.78 is 38.8. The third-order valence-corrected chi connectivity index (χ3v) is 5.85. The molecule has 0 bridgehead atoms. The number of hydrogen-bond donors (Lipinski definition) is 1. The van der Waals surface area contributed by atoms with E-state index in [1.54, 1.807) is 0 Å². The number of benzene rings is 2. The van der Waals surface area contributed by atoms with Crippen molar-refractivity contribution in [2.45, 2.75) is 25.7 Å². The van der Waals surface area contributed by atoms with Crippen molar-refractivity contribution in [2.24, 2.45) is 0 Å². The number of fused-ring (bicyclic) bond motifs is 2. The van der Waals surface area contributed by atoms with Crippen LogP contribution in [0, 0.1) is 0 Å². The van der Waals surface area contributed by atoms with E-state index in [1.807, 2.05) is 42.5 Å². The van der Waals surface area contributed by atoms with Crippen molar-refractivity contribution >= 4 is 22.5 Å². The van der Waals surface area contributed by atoms with Gasteiger partial charge in [-0.25, -0.2) is 9.97 Å². The molecule has 0 radical (unpaired) electrons. The fraction of sp³-hybridized carbons (Fsp3) is 0.217. The van der Waals surface area contributed by atoms with Crippen LogP contribution in [0.5, 0.6) is 0 Å². The van der Waals surface area contributed by atoms with E-state index in [4.69, 9.17) is 11.6 Å². The molecule has 4 aromatic rings. The van der Waals surface area contributed by atoms with E-state index in [-0.39, 0.29) is 0 Å².